The predicted molar refractivity (Wildman–Crippen MR) is 119 cm³/mol. The molecule has 2 heterocycles. The largest absolute Gasteiger partial charge is 0.462 e. The number of carbonyl (C=O) groups is 2. The summed E-state index contributed by atoms with van der Waals surface area (Å²) in [5.41, 5.74) is 1.16. The molecular weight excluding hydrogens is 418 g/mol. The van der Waals surface area contributed by atoms with Crippen molar-refractivity contribution in [2.75, 3.05) is 37.7 Å². The molecule has 168 valence electrons. The minimum atomic E-state index is -0.489. The first-order valence-electron chi connectivity index (χ1n) is 10.3. The first-order valence-corrected chi connectivity index (χ1v) is 11.1. The molecule has 0 spiro atoms. The Hall–Kier alpha value is -2.81. The third-order valence-electron chi connectivity index (χ3n) is 4.58. The average Bonchev–Trinajstić information content (AvgIpc) is 3.08. The SMILES string of the molecule is CCOC(=O)c1sc(Oc2ccc(N3CCN(C(=O)OC(C)(C)C)CC3)cc2)nc1C. The number of hydrogen-bond donors (Lipinski definition) is 0. The Balaban J connectivity index is 1.56. The number of amides is 1. The number of rotatable bonds is 5. The number of piperazine rings is 1. The van der Waals surface area contributed by atoms with Crippen molar-refractivity contribution in [3.63, 3.8) is 0 Å². The highest BCUT2D eigenvalue weighted by molar-refractivity contribution is 7.15. The maximum atomic E-state index is 12.2. The Labute approximate surface area is 186 Å². The molecule has 0 aliphatic carbocycles. The van der Waals surface area contributed by atoms with Gasteiger partial charge in [-0.25, -0.2) is 14.6 Å². The Bertz CT molecular complexity index is 912. The van der Waals surface area contributed by atoms with E-state index in [1.165, 1.54) is 11.3 Å². The Morgan fingerprint density at radius 1 is 1.10 bits per heavy atom. The lowest BCUT2D eigenvalue weighted by Gasteiger charge is -2.36. The van der Waals surface area contributed by atoms with E-state index >= 15 is 0 Å². The number of thiazole rings is 1. The van der Waals surface area contributed by atoms with Gasteiger partial charge in [0.2, 0.25) is 0 Å². The third kappa shape index (κ3) is 6.10. The molecule has 1 aliphatic rings. The van der Waals surface area contributed by atoms with Crippen molar-refractivity contribution in [1.82, 2.24) is 9.88 Å². The lowest BCUT2D eigenvalue weighted by atomic mass is 10.2. The van der Waals surface area contributed by atoms with Crippen LogP contribution in [0.1, 0.15) is 43.1 Å². The molecule has 1 saturated heterocycles. The lowest BCUT2D eigenvalue weighted by Crippen LogP contribution is -2.50. The summed E-state index contributed by atoms with van der Waals surface area (Å²) >= 11 is 1.17. The summed E-state index contributed by atoms with van der Waals surface area (Å²) < 4.78 is 16.3. The Kier molecular flexibility index (Phi) is 7.04. The zero-order valence-electron chi connectivity index (χ0n) is 18.6. The van der Waals surface area contributed by atoms with Crippen LogP contribution < -0.4 is 9.64 Å². The summed E-state index contributed by atoms with van der Waals surface area (Å²) in [5.74, 6) is 0.258. The first-order chi connectivity index (χ1) is 14.7. The van der Waals surface area contributed by atoms with Gasteiger partial charge in [0.05, 0.1) is 12.3 Å². The monoisotopic (exact) mass is 447 g/mol. The number of nitrogens with zero attached hydrogens (tertiary/aromatic N) is 3. The summed E-state index contributed by atoms with van der Waals surface area (Å²) in [6.07, 6.45) is -0.267. The van der Waals surface area contributed by atoms with E-state index in [1.807, 2.05) is 45.0 Å². The zero-order valence-corrected chi connectivity index (χ0v) is 19.5. The van der Waals surface area contributed by atoms with Gasteiger partial charge in [0.1, 0.15) is 16.2 Å². The summed E-state index contributed by atoms with van der Waals surface area (Å²) in [6.45, 7) is 12.1. The molecule has 0 unspecified atom stereocenters. The molecule has 0 radical (unpaired) electrons. The van der Waals surface area contributed by atoms with Crippen molar-refractivity contribution in [2.24, 2.45) is 0 Å². The summed E-state index contributed by atoms with van der Waals surface area (Å²) in [5, 5.41) is 0.402. The van der Waals surface area contributed by atoms with Gasteiger partial charge < -0.3 is 24.0 Å². The fourth-order valence-corrected chi connectivity index (χ4v) is 3.93. The highest BCUT2D eigenvalue weighted by Crippen LogP contribution is 2.31. The Morgan fingerprint density at radius 2 is 1.74 bits per heavy atom. The van der Waals surface area contributed by atoms with Crippen LogP contribution in [0.4, 0.5) is 10.5 Å². The number of ether oxygens (including phenoxy) is 3. The van der Waals surface area contributed by atoms with Crippen LogP contribution in [0.25, 0.3) is 0 Å². The molecule has 31 heavy (non-hydrogen) atoms. The van der Waals surface area contributed by atoms with Gasteiger partial charge in [-0.15, -0.1) is 0 Å². The molecule has 1 aromatic heterocycles. The van der Waals surface area contributed by atoms with E-state index in [9.17, 15) is 9.59 Å². The van der Waals surface area contributed by atoms with Crippen molar-refractivity contribution < 1.29 is 23.8 Å². The van der Waals surface area contributed by atoms with Gasteiger partial charge in [0.15, 0.2) is 0 Å². The van der Waals surface area contributed by atoms with Crippen LogP contribution in [0.2, 0.25) is 0 Å². The van der Waals surface area contributed by atoms with E-state index in [4.69, 9.17) is 14.2 Å². The van der Waals surface area contributed by atoms with Crippen LogP contribution in [0.3, 0.4) is 0 Å². The number of aryl methyl sites for hydroxylation is 1. The number of esters is 1. The van der Waals surface area contributed by atoms with Gasteiger partial charge in [-0.3, -0.25) is 0 Å². The highest BCUT2D eigenvalue weighted by atomic mass is 32.1. The smallest absolute Gasteiger partial charge is 0.410 e. The van der Waals surface area contributed by atoms with Crippen LogP contribution in [0.5, 0.6) is 10.9 Å². The summed E-state index contributed by atoms with van der Waals surface area (Å²) in [6, 6.07) is 7.70. The molecule has 0 bridgehead atoms. The molecule has 9 heteroatoms. The predicted octanol–water partition coefficient (Wildman–Crippen LogP) is 4.48. The molecule has 8 nitrogen and oxygen atoms in total. The maximum Gasteiger partial charge on any atom is 0.410 e. The molecule has 1 fully saturated rings. The molecule has 1 amide bonds. The van der Waals surface area contributed by atoms with Gasteiger partial charge in [-0.2, -0.15) is 0 Å². The van der Waals surface area contributed by atoms with E-state index in [1.54, 1.807) is 18.7 Å². The molecule has 0 saturated carbocycles. The van der Waals surface area contributed by atoms with Gasteiger partial charge in [-0.1, -0.05) is 11.3 Å². The van der Waals surface area contributed by atoms with Gasteiger partial charge in [0.25, 0.3) is 5.19 Å². The second-order valence-corrected chi connectivity index (χ2v) is 9.13. The second kappa shape index (κ2) is 9.55. The van der Waals surface area contributed by atoms with Gasteiger partial charge in [-0.05, 0) is 58.9 Å². The van der Waals surface area contributed by atoms with E-state index in [-0.39, 0.29) is 12.1 Å². The number of aromatic nitrogens is 1. The first kappa shape index (κ1) is 22.9. The van der Waals surface area contributed by atoms with Gasteiger partial charge in [0, 0.05) is 31.9 Å². The quantitative estimate of drug-likeness (QED) is 0.625. The molecule has 3 rings (SSSR count). The van der Waals surface area contributed by atoms with E-state index < -0.39 is 5.60 Å². The minimum Gasteiger partial charge on any atom is -0.462 e. The topological polar surface area (TPSA) is 81.2 Å². The van der Waals surface area contributed by atoms with E-state index in [0.29, 0.717) is 41.2 Å². The van der Waals surface area contributed by atoms with Crippen molar-refractivity contribution in [3.05, 3.63) is 34.8 Å². The molecule has 0 N–H and O–H groups in total. The lowest BCUT2D eigenvalue weighted by molar-refractivity contribution is 0.0240. The van der Waals surface area contributed by atoms with E-state index in [2.05, 4.69) is 9.88 Å². The number of hydrogen-bond acceptors (Lipinski definition) is 8. The van der Waals surface area contributed by atoms with Crippen molar-refractivity contribution in [2.45, 2.75) is 40.2 Å². The summed E-state index contributed by atoms with van der Waals surface area (Å²) in [7, 11) is 0. The Morgan fingerprint density at radius 3 is 2.32 bits per heavy atom. The van der Waals surface area contributed by atoms with Crippen molar-refractivity contribution in [3.8, 4) is 10.9 Å². The fourth-order valence-electron chi connectivity index (χ4n) is 3.10. The van der Waals surface area contributed by atoms with Gasteiger partial charge >= 0.3 is 12.1 Å². The van der Waals surface area contributed by atoms with Crippen molar-refractivity contribution in [1.29, 1.82) is 0 Å². The normalized spacial score (nSPS) is 14.4. The molecule has 1 aliphatic heterocycles. The minimum absolute atomic E-state index is 0.267. The molecule has 0 atom stereocenters. The van der Waals surface area contributed by atoms with E-state index in [0.717, 1.165) is 18.8 Å². The second-order valence-electron chi connectivity index (χ2n) is 8.17. The third-order valence-corrected chi connectivity index (χ3v) is 5.59. The summed E-state index contributed by atoms with van der Waals surface area (Å²) in [4.78, 5) is 32.9. The molecule has 1 aromatic carbocycles. The van der Waals surface area contributed by atoms with Crippen LogP contribution in [-0.4, -0.2) is 60.3 Å². The molecular formula is C22H29N3O5S. The highest BCUT2D eigenvalue weighted by Gasteiger charge is 2.26. The van der Waals surface area contributed by atoms with Crippen LogP contribution in [0.15, 0.2) is 24.3 Å². The number of anilines is 1. The fraction of sp³-hybridized carbons (Fsp3) is 0.500. The number of carbonyl (C=O) groups excluding carboxylic acids is 2. The van der Waals surface area contributed by atoms with Crippen LogP contribution >= 0.6 is 11.3 Å². The maximum absolute atomic E-state index is 12.2. The number of benzene rings is 1. The van der Waals surface area contributed by atoms with Crippen LogP contribution in [-0.2, 0) is 9.47 Å². The zero-order chi connectivity index (χ0) is 22.6. The average molecular weight is 448 g/mol. The van der Waals surface area contributed by atoms with Crippen molar-refractivity contribution >= 4 is 29.1 Å². The standard InChI is InChI=1S/C22H29N3O5S/c1-6-28-19(26)18-15(2)23-20(31-18)29-17-9-7-16(8-10-17)24-11-13-25(14-12-24)21(27)30-22(3,4)5/h7-10H,6,11-14H2,1-5H3. The van der Waals surface area contributed by atoms with Crippen LogP contribution in [0, 0.1) is 6.92 Å². The molecule has 2 aromatic rings.